The first-order valence-corrected chi connectivity index (χ1v) is 13.1. The SMILES string of the molecule is Cc1cccc(S(=O)(=O)NC(CN2CCC3(CC2)CC(c2ccc(C(=N)N)cc2)=NC3=O)C(=O)O)c1. The quantitative estimate of drug-likeness (QED) is 0.308. The molecule has 10 nitrogen and oxygen atoms in total. The maximum absolute atomic E-state index is 12.9. The topological polar surface area (TPSA) is 166 Å². The number of aliphatic imine (C=N–C) groups is 1. The molecule has 11 heteroatoms. The highest BCUT2D eigenvalue weighted by atomic mass is 32.2. The molecule has 1 saturated heterocycles. The first-order valence-electron chi connectivity index (χ1n) is 11.6. The van der Waals surface area contributed by atoms with Crippen molar-refractivity contribution in [2.24, 2.45) is 16.1 Å². The van der Waals surface area contributed by atoms with E-state index in [2.05, 4.69) is 9.71 Å². The van der Waals surface area contributed by atoms with Crippen molar-refractivity contribution in [3.05, 3.63) is 65.2 Å². The van der Waals surface area contributed by atoms with Crippen LogP contribution in [0.2, 0.25) is 0 Å². The van der Waals surface area contributed by atoms with E-state index >= 15 is 0 Å². The van der Waals surface area contributed by atoms with E-state index in [4.69, 9.17) is 11.1 Å². The molecule has 190 valence electrons. The summed E-state index contributed by atoms with van der Waals surface area (Å²) in [6, 6.07) is 12.0. The fourth-order valence-corrected chi connectivity index (χ4v) is 5.99. The van der Waals surface area contributed by atoms with Crippen molar-refractivity contribution < 1.29 is 23.1 Å². The van der Waals surface area contributed by atoms with Gasteiger partial charge in [0.2, 0.25) is 10.0 Å². The highest BCUT2D eigenvalue weighted by molar-refractivity contribution is 7.89. The van der Waals surface area contributed by atoms with Gasteiger partial charge in [0.05, 0.1) is 16.0 Å². The number of benzene rings is 2. The molecule has 0 saturated carbocycles. The highest BCUT2D eigenvalue weighted by Crippen LogP contribution is 2.41. The number of nitrogen functional groups attached to an aromatic ring is 1. The Morgan fingerprint density at radius 1 is 1.22 bits per heavy atom. The fraction of sp³-hybridized carbons (Fsp3) is 0.360. The molecule has 0 aliphatic carbocycles. The van der Waals surface area contributed by atoms with E-state index in [9.17, 15) is 23.1 Å². The van der Waals surface area contributed by atoms with Crippen LogP contribution >= 0.6 is 0 Å². The standard InChI is InChI=1S/C25H29N5O5S/c1-16-3-2-4-19(13-16)36(34,35)29-21(23(31)32)15-30-11-9-25(10-12-30)14-20(28-24(25)33)17-5-7-18(8-6-17)22(26)27/h2-8,13,21,29H,9-12,14-15H2,1H3,(H3,26,27)(H,31,32). The van der Waals surface area contributed by atoms with Gasteiger partial charge in [-0.3, -0.25) is 15.0 Å². The molecule has 2 aromatic carbocycles. The number of amidine groups is 1. The van der Waals surface area contributed by atoms with Gasteiger partial charge in [-0.25, -0.2) is 13.4 Å². The van der Waals surface area contributed by atoms with E-state index in [1.807, 2.05) is 4.90 Å². The van der Waals surface area contributed by atoms with Crippen LogP contribution in [0.5, 0.6) is 0 Å². The summed E-state index contributed by atoms with van der Waals surface area (Å²) in [6.45, 7) is 2.66. The van der Waals surface area contributed by atoms with Gasteiger partial charge in [-0.1, -0.05) is 36.4 Å². The van der Waals surface area contributed by atoms with E-state index in [1.54, 1.807) is 43.3 Å². The third kappa shape index (κ3) is 5.38. The Bertz CT molecular complexity index is 1330. The average Bonchev–Trinajstić information content (AvgIpc) is 3.15. The minimum atomic E-state index is -4.01. The van der Waals surface area contributed by atoms with Gasteiger partial charge >= 0.3 is 5.97 Å². The summed E-state index contributed by atoms with van der Waals surface area (Å²) in [5, 5.41) is 17.2. The summed E-state index contributed by atoms with van der Waals surface area (Å²) < 4.78 is 27.8. The zero-order chi connectivity index (χ0) is 26.1. The largest absolute Gasteiger partial charge is 0.480 e. The number of carboxylic acids is 1. The van der Waals surface area contributed by atoms with E-state index in [1.165, 1.54) is 12.1 Å². The zero-order valence-electron chi connectivity index (χ0n) is 19.9. The number of hydrogen-bond donors (Lipinski definition) is 4. The fourth-order valence-electron chi connectivity index (χ4n) is 4.70. The van der Waals surface area contributed by atoms with Gasteiger partial charge in [0.15, 0.2) is 0 Å². The average molecular weight is 512 g/mol. The van der Waals surface area contributed by atoms with Crippen LogP contribution in [0.3, 0.4) is 0 Å². The van der Waals surface area contributed by atoms with Crippen LogP contribution in [0.15, 0.2) is 58.4 Å². The minimum Gasteiger partial charge on any atom is -0.480 e. The van der Waals surface area contributed by atoms with Gasteiger partial charge in [0.1, 0.15) is 11.9 Å². The predicted molar refractivity (Wildman–Crippen MR) is 135 cm³/mol. The third-order valence-electron chi connectivity index (χ3n) is 6.87. The molecule has 1 spiro atoms. The molecule has 0 bridgehead atoms. The number of aryl methyl sites for hydroxylation is 1. The normalized spacial score (nSPS) is 18.7. The molecule has 0 aromatic heterocycles. The maximum Gasteiger partial charge on any atom is 0.323 e. The lowest BCUT2D eigenvalue weighted by Gasteiger charge is -2.38. The number of likely N-dealkylation sites (tertiary alicyclic amines) is 1. The summed E-state index contributed by atoms with van der Waals surface area (Å²) in [5.41, 5.74) is 7.72. The van der Waals surface area contributed by atoms with Crippen molar-refractivity contribution in [3.63, 3.8) is 0 Å². The summed E-state index contributed by atoms with van der Waals surface area (Å²) >= 11 is 0. The van der Waals surface area contributed by atoms with E-state index in [0.29, 0.717) is 43.6 Å². The number of amides is 1. The Kier molecular flexibility index (Phi) is 7.07. The second kappa shape index (κ2) is 9.92. The molecule has 2 aliphatic rings. The van der Waals surface area contributed by atoms with Gasteiger partial charge in [-0.05, 0) is 56.1 Å². The van der Waals surface area contributed by atoms with Gasteiger partial charge < -0.3 is 15.7 Å². The molecule has 5 N–H and O–H groups in total. The van der Waals surface area contributed by atoms with Gasteiger partial charge in [-0.15, -0.1) is 0 Å². The first kappa shape index (κ1) is 25.7. The number of rotatable bonds is 8. The van der Waals surface area contributed by atoms with Gasteiger partial charge in [-0.2, -0.15) is 4.72 Å². The molecule has 1 amide bonds. The Morgan fingerprint density at radius 3 is 2.47 bits per heavy atom. The molecular weight excluding hydrogens is 482 g/mol. The molecule has 1 fully saturated rings. The van der Waals surface area contributed by atoms with Crippen LogP contribution in [0.25, 0.3) is 0 Å². The van der Waals surface area contributed by atoms with Gasteiger partial charge in [0, 0.05) is 18.5 Å². The summed E-state index contributed by atoms with van der Waals surface area (Å²) in [6.07, 6.45) is 1.49. The molecule has 1 unspecified atom stereocenters. The highest BCUT2D eigenvalue weighted by Gasteiger charge is 2.46. The summed E-state index contributed by atoms with van der Waals surface area (Å²) in [7, 11) is -4.01. The summed E-state index contributed by atoms with van der Waals surface area (Å²) in [5.74, 6) is -1.47. The second-order valence-electron chi connectivity index (χ2n) is 9.44. The Balaban J connectivity index is 1.39. The lowest BCUT2D eigenvalue weighted by Crippen LogP contribution is -2.51. The van der Waals surface area contributed by atoms with Crippen LogP contribution in [0, 0.1) is 17.7 Å². The molecular formula is C25H29N5O5S. The monoisotopic (exact) mass is 511 g/mol. The number of nitrogens with one attached hydrogen (secondary N) is 2. The molecule has 2 aromatic rings. The first-order chi connectivity index (χ1) is 17.0. The second-order valence-corrected chi connectivity index (χ2v) is 11.2. The maximum atomic E-state index is 12.9. The Morgan fingerprint density at radius 2 is 1.89 bits per heavy atom. The number of carboxylic acid groups (broad SMARTS) is 1. The Labute approximate surface area is 209 Å². The molecule has 2 aliphatic heterocycles. The van der Waals surface area contributed by atoms with E-state index in [-0.39, 0.29) is 23.2 Å². The van der Waals surface area contributed by atoms with E-state index in [0.717, 1.165) is 11.1 Å². The van der Waals surface area contributed by atoms with Crippen LogP contribution < -0.4 is 10.5 Å². The summed E-state index contributed by atoms with van der Waals surface area (Å²) in [4.78, 5) is 30.9. The van der Waals surface area contributed by atoms with Crippen molar-refractivity contribution in [3.8, 4) is 0 Å². The molecule has 0 radical (unpaired) electrons. The van der Waals surface area contributed by atoms with Gasteiger partial charge in [0.25, 0.3) is 5.91 Å². The predicted octanol–water partition coefficient (Wildman–Crippen LogP) is 1.51. The number of carbonyl (C=O) groups excluding carboxylic acids is 1. The number of sulfonamides is 1. The number of hydrogen-bond acceptors (Lipinski definition) is 6. The van der Waals surface area contributed by atoms with Crippen LogP contribution in [-0.2, 0) is 19.6 Å². The number of nitrogens with two attached hydrogens (primary N) is 1. The van der Waals surface area contributed by atoms with Crippen molar-refractivity contribution >= 4 is 33.4 Å². The van der Waals surface area contributed by atoms with Crippen LogP contribution in [0.4, 0.5) is 0 Å². The zero-order valence-corrected chi connectivity index (χ0v) is 20.7. The number of carbonyl (C=O) groups is 2. The van der Waals surface area contributed by atoms with Crippen molar-refractivity contribution in [2.45, 2.75) is 37.1 Å². The van der Waals surface area contributed by atoms with Crippen LogP contribution in [0.1, 0.15) is 36.0 Å². The number of nitrogens with zero attached hydrogens (tertiary/aromatic N) is 2. The molecule has 4 rings (SSSR count). The molecule has 36 heavy (non-hydrogen) atoms. The number of piperidine rings is 1. The lowest BCUT2D eigenvalue weighted by molar-refractivity contribution is -0.140. The smallest absolute Gasteiger partial charge is 0.323 e. The third-order valence-corrected chi connectivity index (χ3v) is 8.34. The van der Waals surface area contributed by atoms with Crippen molar-refractivity contribution in [1.29, 1.82) is 5.41 Å². The Hall–Kier alpha value is -3.41. The van der Waals surface area contributed by atoms with Crippen LogP contribution in [-0.4, -0.2) is 67.5 Å². The minimum absolute atomic E-state index is 0.00906. The van der Waals surface area contributed by atoms with Crippen molar-refractivity contribution in [2.75, 3.05) is 19.6 Å². The molecule has 1 atom stereocenters. The molecule has 2 heterocycles. The number of aliphatic carboxylic acids is 1. The van der Waals surface area contributed by atoms with E-state index < -0.39 is 27.4 Å². The van der Waals surface area contributed by atoms with Crippen molar-refractivity contribution in [1.82, 2.24) is 9.62 Å². The lowest BCUT2D eigenvalue weighted by atomic mass is 9.75.